The first-order valence-corrected chi connectivity index (χ1v) is 2.15. The SMILES string of the molecule is NC(=O)NOOI. The van der Waals surface area contributed by atoms with E-state index in [1.54, 1.807) is 5.48 Å². The Morgan fingerprint density at radius 2 is 2.43 bits per heavy atom. The number of carbonyl (C=O) groups is 1. The van der Waals surface area contributed by atoms with Crippen LogP contribution in [0.2, 0.25) is 0 Å². The number of amides is 2. The Morgan fingerprint density at radius 3 is 2.57 bits per heavy atom. The van der Waals surface area contributed by atoms with E-state index in [0.717, 1.165) is 0 Å². The van der Waals surface area contributed by atoms with Crippen LogP contribution in [0.4, 0.5) is 4.79 Å². The van der Waals surface area contributed by atoms with Crippen LogP contribution in [0.25, 0.3) is 0 Å². The summed E-state index contributed by atoms with van der Waals surface area (Å²) in [4.78, 5) is 13.5. The van der Waals surface area contributed by atoms with Gasteiger partial charge in [-0.1, -0.05) is 4.99 Å². The third-order valence-electron chi connectivity index (χ3n) is 0.174. The first kappa shape index (κ1) is 6.92. The Hall–Kier alpha value is -0.0800. The lowest BCUT2D eigenvalue weighted by molar-refractivity contribution is -0.205. The van der Waals surface area contributed by atoms with E-state index in [1.165, 1.54) is 23.0 Å². The minimum absolute atomic E-state index is 0.795. The van der Waals surface area contributed by atoms with E-state index in [0.29, 0.717) is 0 Å². The fourth-order valence-electron chi connectivity index (χ4n) is 0.0568. The maximum Gasteiger partial charge on any atom is 0.338 e. The van der Waals surface area contributed by atoms with Gasteiger partial charge in [0.15, 0.2) is 23.0 Å². The molecule has 0 bridgehead atoms. The molecule has 0 radical (unpaired) electrons. The average Bonchev–Trinajstić information content (AvgIpc) is 1.61. The molecular formula is CH3IN2O3. The van der Waals surface area contributed by atoms with Crippen molar-refractivity contribution in [3.05, 3.63) is 0 Å². The smallest absolute Gasteiger partial charge is 0.338 e. The van der Waals surface area contributed by atoms with Crippen molar-refractivity contribution >= 4 is 29.0 Å². The summed E-state index contributed by atoms with van der Waals surface area (Å²) in [5.74, 6) is 0. The molecule has 0 rings (SSSR count). The van der Waals surface area contributed by atoms with Crippen LogP contribution >= 0.6 is 23.0 Å². The molecular weight excluding hydrogens is 215 g/mol. The van der Waals surface area contributed by atoms with Gasteiger partial charge >= 0.3 is 6.03 Å². The molecule has 0 aromatic heterocycles. The van der Waals surface area contributed by atoms with Crippen LogP contribution in [0.5, 0.6) is 0 Å². The summed E-state index contributed by atoms with van der Waals surface area (Å²) < 4.78 is 3.91. The van der Waals surface area contributed by atoms with Crippen molar-refractivity contribution < 1.29 is 13.0 Å². The van der Waals surface area contributed by atoms with E-state index >= 15 is 0 Å². The van der Waals surface area contributed by atoms with Crippen molar-refractivity contribution in [1.29, 1.82) is 0 Å². The standard InChI is InChI=1S/CH3IN2O3/c2-6-7-4-1(3)5/h(H3,3,4,5). The van der Waals surface area contributed by atoms with Crippen LogP contribution in [0, 0.1) is 0 Å². The van der Waals surface area contributed by atoms with Gasteiger partial charge in [0.25, 0.3) is 0 Å². The van der Waals surface area contributed by atoms with E-state index in [1.807, 2.05) is 0 Å². The summed E-state index contributed by atoms with van der Waals surface area (Å²) in [5.41, 5.74) is 6.22. The third kappa shape index (κ3) is 5.92. The zero-order chi connectivity index (χ0) is 5.70. The molecule has 7 heavy (non-hydrogen) atoms. The Labute approximate surface area is 53.7 Å². The second-order valence-electron chi connectivity index (χ2n) is 0.613. The second-order valence-corrected chi connectivity index (χ2v) is 0.972. The van der Waals surface area contributed by atoms with Gasteiger partial charge in [0.05, 0.1) is 0 Å². The van der Waals surface area contributed by atoms with Crippen LogP contribution in [-0.4, -0.2) is 6.03 Å². The Morgan fingerprint density at radius 1 is 1.86 bits per heavy atom. The van der Waals surface area contributed by atoms with Gasteiger partial charge in [-0.3, -0.25) is 0 Å². The molecule has 0 saturated heterocycles. The van der Waals surface area contributed by atoms with Crippen LogP contribution in [-0.2, 0) is 8.21 Å². The van der Waals surface area contributed by atoms with Gasteiger partial charge in [0.2, 0.25) is 0 Å². The maximum atomic E-state index is 9.66. The molecule has 5 nitrogen and oxygen atoms in total. The van der Waals surface area contributed by atoms with E-state index in [4.69, 9.17) is 0 Å². The molecule has 0 spiro atoms. The van der Waals surface area contributed by atoms with Gasteiger partial charge in [0.1, 0.15) is 0 Å². The molecule has 0 aromatic rings. The van der Waals surface area contributed by atoms with Crippen molar-refractivity contribution in [2.24, 2.45) is 5.73 Å². The van der Waals surface area contributed by atoms with Gasteiger partial charge < -0.3 is 5.73 Å². The number of carbonyl (C=O) groups excluding carboxylic acids is 1. The highest BCUT2D eigenvalue weighted by molar-refractivity contribution is 14.1. The van der Waals surface area contributed by atoms with E-state index in [-0.39, 0.29) is 0 Å². The molecule has 0 aliphatic heterocycles. The molecule has 3 N–H and O–H groups in total. The lowest BCUT2D eigenvalue weighted by Gasteiger charge is -1.91. The predicted molar refractivity (Wildman–Crippen MR) is 28.9 cm³/mol. The summed E-state index contributed by atoms with van der Waals surface area (Å²) in [7, 11) is 0. The molecule has 6 heteroatoms. The van der Waals surface area contributed by atoms with E-state index in [2.05, 4.69) is 13.9 Å². The van der Waals surface area contributed by atoms with E-state index in [9.17, 15) is 4.79 Å². The second kappa shape index (κ2) is 4.09. The van der Waals surface area contributed by atoms with Crippen LogP contribution < -0.4 is 11.2 Å². The number of hydroxylamine groups is 1. The molecule has 0 aromatic carbocycles. The lowest BCUT2D eigenvalue weighted by atomic mass is 11.2. The summed E-state index contributed by atoms with van der Waals surface area (Å²) >= 11 is 1.43. The average molecular weight is 218 g/mol. The number of hydrogen-bond donors (Lipinski definition) is 2. The minimum Gasteiger partial charge on any atom is -0.350 e. The predicted octanol–water partition coefficient (Wildman–Crippen LogP) is -0.132. The van der Waals surface area contributed by atoms with Crippen molar-refractivity contribution in [3.8, 4) is 0 Å². The molecule has 0 saturated carbocycles. The number of rotatable bonds is 2. The monoisotopic (exact) mass is 218 g/mol. The van der Waals surface area contributed by atoms with Crippen molar-refractivity contribution in [2.45, 2.75) is 0 Å². The summed E-state index contributed by atoms with van der Waals surface area (Å²) in [6.45, 7) is 0. The van der Waals surface area contributed by atoms with Crippen molar-refractivity contribution in [1.82, 2.24) is 5.48 Å². The molecule has 0 aliphatic rings. The van der Waals surface area contributed by atoms with Crippen molar-refractivity contribution in [3.63, 3.8) is 0 Å². The Balaban J connectivity index is 2.82. The Bertz CT molecular complexity index is 66.0. The molecule has 0 atom stereocenters. The van der Waals surface area contributed by atoms with Crippen LogP contribution in [0.1, 0.15) is 0 Å². The van der Waals surface area contributed by atoms with Crippen molar-refractivity contribution in [2.75, 3.05) is 0 Å². The fourth-order valence-corrected chi connectivity index (χ4v) is 0.147. The molecule has 0 fully saturated rings. The van der Waals surface area contributed by atoms with Gasteiger partial charge in [0, 0.05) is 0 Å². The number of halogens is 1. The molecule has 0 aliphatic carbocycles. The zero-order valence-corrected chi connectivity index (χ0v) is 5.34. The molecule has 2 amide bonds. The number of primary amides is 1. The molecule has 0 heterocycles. The molecule has 42 valence electrons. The third-order valence-corrected chi connectivity index (χ3v) is 0.354. The van der Waals surface area contributed by atoms with E-state index < -0.39 is 6.03 Å². The summed E-state index contributed by atoms with van der Waals surface area (Å²) in [6.07, 6.45) is 0. The first-order chi connectivity index (χ1) is 3.27. The largest absolute Gasteiger partial charge is 0.350 e. The number of urea groups is 1. The molecule has 0 unspecified atom stereocenters. The highest BCUT2D eigenvalue weighted by Gasteiger charge is 1.85. The van der Waals surface area contributed by atoms with Gasteiger partial charge in [-0.25, -0.2) is 4.79 Å². The van der Waals surface area contributed by atoms with Gasteiger partial charge in [-0.2, -0.15) is 5.48 Å². The number of nitrogens with one attached hydrogen (secondary N) is 1. The quantitative estimate of drug-likeness (QED) is 0.385. The van der Waals surface area contributed by atoms with Gasteiger partial charge in [-0.05, 0) is 0 Å². The Kier molecular flexibility index (Phi) is 4.04. The topological polar surface area (TPSA) is 73.6 Å². The minimum atomic E-state index is -0.795. The van der Waals surface area contributed by atoms with Gasteiger partial charge in [-0.15, -0.1) is 3.22 Å². The van der Waals surface area contributed by atoms with Crippen LogP contribution in [0.15, 0.2) is 0 Å². The lowest BCUT2D eigenvalue weighted by Crippen LogP contribution is -2.28. The zero-order valence-electron chi connectivity index (χ0n) is 3.18. The summed E-state index contributed by atoms with van der Waals surface area (Å²) in [5, 5.41) is 0. The summed E-state index contributed by atoms with van der Waals surface area (Å²) in [6, 6.07) is -0.795. The first-order valence-electron chi connectivity index (χ1n) is 1.27. The van der Waals surface area contributed by atoms with Crippen LogP contribution in [0.3, 0.4) is 0 Å². The highest BCUT2D eigenvalue weighted by atomic mass is 127. The normalized spacial score (nSPS) is 8.14. The number of hydrogen-bond acceptors (Lipinski definition) is 3. The highest BCUT2D eigenvalue weighted by Crippen LogP contribution is 1.80. The number of nitrogens with two attached hydrogens (primary N) is 1. The fraction of sp³-hybridized carbons (Fsp3) is 0. The maximum absolute atomic E-state index is 9.66.